The van der Waals surface area contributed by atoms with Crippen molar-refractivity contribution in [2.45, 2.75) is 0 Å². The number of aromatic nitrogens is 1. The number of thiazole rings is 1. The van der Waals surface area contributed by atoms with Crippen molar-refractivity contribution in [3.63, 3.8) is 0 Å². The zero-order valence-corrected chi connectivity index (χ0v) is 12.4. The summed E-state index contributed by atoms with van der Waals surface area (Å²) in [6, 6.07) is 5.68. The minimum atomic E-state index is -0.954. The first kappa shape index (κ1) is 13.8. The van der Waals surface area contributed by atoms with Crippen LogP contribution in [0.5, 0.6) is 5.75 Å². The van der Waals surface area contributed by atoms with Crippen LogP contribution in [0.4, 0.5) is 0 Å². The fourth-order valence-electron chi connectivity index (χ4n) is 1.42. The molecule has 19 heavy (non-hydrogen) atoms. The standard InChI is InChI=1S/C13H10BrNO3S/c1-18-10-4-2-8(6-9(10)14)3-5-12-15-7-11(19-12)13(16)17/h2-7H,1H3,(H,16,17)/b5-3+. The van der Waals surface area contributed by atoms with Crippen LogP contribution >= 0.6 is 27.3 Å². The van der Waals surface area contributed by atoms with Gasteiger partial charge in [0, 0.05) is 0 Å². The van der Waals surface area contributed by atoms with Crippen LogP contribution < -0.4 is 4.74 Å². The average Bonchev–Trinajstić information content (AvgIpc) is 2.85. The molecular formula is C13H10BrNO3S. The Labute approximate surface area is 122 Å². The summed E-state index contributed by atoms with van der Waals surface area (Å²) in [4.78, 5) is 15.0. The van der Waals surface area contributed by atoms with E-state index in [-0.39, 0.29) is 4.88 Å². The third-order valence-corrected chi connectivity index (χ3v) is 3.90. The van der Waals surface area contributed by atoms with E-state index in [0.717, 1.165) is 27.1 Å². The molecule has 1 N–H and O–H groups in total. The molecule has 2 rings (SSSR count). The molecule has 0 unspecified atom stereocenters. The molecule has 0 aliphatic rings. The summed E-state index contributed by atoms with van der Waals surface area (Å²) < 4.78 is 6.01. The molecular weight excluding hydrogens is 330 g/mol. The van der Waals surface area contributed by atoms with Crippen molar-refractivity contribution in [2.24, 2.45) is 0 Å². The van der Waals surface area contributed by atoms with Gasteiger partial charge in [0.15, 0.2) is 0 Å². The van der Waals surface area contributed by atoms with Crippen molar-refractivity contribution >= 4 is 45.4 Å². The molecule has 0 radical (unpaired) electrons. The van der Waals surface area contributed by atoms with E-state index >= 15 is 0 Å². The molecule has 0 atom stereocenters. The van der Waals surface area contributed by atoms with Crippen molar-refractivity contribution in [1.29, 1.82) is 0 Å². The van der Waals surface area contributed by atoms with Crippen LogP contribution in [-0.2, 0) is 0 Å². The molecule has 0 spiro atoms. The van der Waals surface area contributed by atoms with Crippen molar-refractivity contribution in [2.75, 3.05) is 7.11 Å². The van der Waals surface area contributed by atoms with Gasteiger partial charge in [0.25, 0.3) is 0 Å². The highest BCUT2D eigenvalue weighted by atomic mass is 79.9. The number of ether oxygens (including phenoxy) is 1. The Morgan fingerprint density at radius 2 is 2.26 bits per heavy atom. The molecule has 0 saturated carbocycles. The third kappa shape index (κ3) is 3.42. The summed E-state index contributed by atoms with van der Waals surface area (Å²) in [6.45, 7) is 0. The zero-order valence-electron chi connectivity index (χ0n) is 9.96. The van der Waals surface area contributed by atoms with E-state index in [9.17, 15) is 4.79 Å². The number of methoxy groups -OCH3 is 1. The first-order valence-electron chi connectivity index (χ1n) is 5.31. The van der Waals surface area contributed by atoms with Gasteiger partial charge in [-0.05, 0) is 39.7 Å². The number of carboxylic acids is 1. The van der Waals surface area contributed by atoms with Crippen LogP contribution in [0.2, 0.25) is 0 Å². The van der Waals surface area contributed by atoms with Gasteiger partial charge in [0.2, 0.25) is 0 Å². The molecule has 0 amide bonds. The van der Waals surface area contributed by atoms with Crippen LogP contribution in [0.15, 0.2) is 28.9 Å². The van der Waals surface area contributed by atoms with E-state index in [0.29, 0.717) is 5.01 Å². The van der Waals surface area contributed by atoms with E-state index in [2.05, 4.69) is 20.9 Å². The molecule has 1 aromatic carbocycles. The molecule has 0 saturated heterocycles. The predicted octanol–water partition coefficient (Wildman–Crippen LogP) is 3.78. The average molecular weight is 340 g/mol. The molecule has 0 bridgehead atoms. The van der Waals surface area contributed by atoms with E-state index in [1.54, 1.807) is 13.2 Å². The number of rotatable bonds is 4. The summed E-state index contributed by atoms with van der Waals surface area (Å²) in [5.41, 5.74) is 0.972. The van der Waals surface area contributed by atoms with Crippen LogP contribution in [0, 0.1) is 0 Å². The number of carbonyl (C=O) groups is 1. The Bertz CT molecular complexity index is 637. The smallest absolute Gasteiger partial charge is 0.347 e. The van der Waals surface area contributed by atoms with Crippen LogP contribution in [-0.4, -0.2) is 23.2 Å². The van der Waals surface area contributed by atoms with E-state index < -0.39 is 5.97 Å². The Balaban J connectivity index is 2.17. The Kier molecular flexibility index (Phi) is 4.34. The molecule has 0 fully saturated rings. The monoisotopic (exact) mass is 339 g/mol. The minimum Gasteiger partial charge on any atom is -0.496 e. The summed E-state index contributed by atoms with van der Waals surface area (Å²) in [6.07, 6.45) is 5.01. The van der Waals surface area contributed by atoms with Gasteiger partial charge in [0.05, 0.1) is 17.8 Å². The van der Waals surface area contributed by atoms with Gasteiger partial charge in [-0.15, -0.1) is 11.3 Å². The maximum absolute atomic E-state index is 10.7. The lowest BCUT2D eigenvalue weighted by atomic mass is 10.2. The van der Waals surface area contributed by atoms with Gasteiger partial charge < -0.3 is 9.84 Å². The van der Waals surface area contributed by atoms with Gasteiger partial charge in [-0.3, -0.25) is 0 Å². The summed E-state index contributed by atoms with van der Waals surface area (Å²) in [5.74, 6) is -0.191. The number of nitrogens with zero attached hydrogens (tertiary/aromatic N) is 1. The first-order valence-corrected chi connectivity index (χ1v) is 6.92. The van der Waals surface area contributed by atoms with Gasteiger partial charge in [-0.25, -0.2) is 9.78 Å². The van der Waals surface area contributed by atoms with E-state index in [1.165, 1.54) is 6.20 Å². The summed E-state index contributed by atoms with van der Waals surface area (Å²) in [7, 11) is 1.61. The van der Waals surface area contributed by atoms with E-state index in [1.807, 2.05) is 24.3 Å². The molecule has 0 aliphatic carbocycles. The molecule has 0 aliphatic heterocycles. The lowest BCUT2D eigenvalue weighted by Gasteiger charge is -2.03. The Morgan fingerprint density at radius 1 is 1.47 bits per heavy atom. The second-order valence-corrected chi connectivity index (χ2v) is 5.51. The lowest BCUT2D eigenvalue weighted by molar-refractivity contribution is 0.0702. The Hall–Kier alpha value is -1.66. The SMILES string of the molecule is COc1ccc(/C=C/c2ncc(C(=O)O)s2)cc1Br. The number of halogens is 1. The van der Waals surface area contributed by atoms with Gasteiger partial charge >= 0.3 is 5.97 Å². The van der Waals surface area contributed by atoms with Crippen molar-refractivity contribution in [3.05, 3.63) is 44.3 Å². The minimum absolute atomic E-state index is 0.232. The fourth-order valence-corrected chi connectivity index (χ4v) is 2.64. The normalized spacial score (nSPS) is 10.8. The number of hydrogen-bond donors (Lipinski definition) is 1. The maximum Gasteiger partial charge on any atom is 0.347 e. The van der Waals surface area contributed by atoms with Crippen molar-refractivity contribution < 1.29 is 14.6 Å². The number of benzene rings is 1. The molecule has 2 aromatic rings. The maximum atomic E-state index is 10.7. The third-order valence-electron chi connectivity index (χ3n) is 2.33. The topological polar surface area (TPSA) is 59.4 Å². The molecule has 1 heterocycles. The first-order chi connectivity index (χ1) is 9.10. The molecule has 98 valence electrons. The van der Waals surface area contributed by atoms with Gasteiger partial charge in [-0.1, -0.05) is 12.1 Å². The highest BCUT2D eigenvalue weighted by Gasteiger charge is 2.06. The zero-order chi connectivity index (χ0) is 13.8. The highest BCUT2D eigenvalue weighted by molar-refractivity contribution is 9.10. The number of aromatic carboxylic acids is 1. The van der Waals surface area contributed by atoms with Crippen molar-refractivity contribution in [1.82, 2.24) is 4.98 Å². The van der Waals surface area contributed by atoms with Crippen LogP contribution in [0.3, 0.4) is 0 Å². The Morgan fingerprint density at radius 3 is 2.84 bits per heavy atom. The highest BCUT2D eigenvalue weighted by Crippen LogP contribution is 2.26. The second-order valence-electron chi connectivity index (χ2n) is 3.60. The fraction of sp³-hybridized carbons (Fsp3) is 0.0769. The molecule has 6 heteroatoms. The van der Waals surface area contributed by atoms with Gasteiger partial charge in [-0.2, -0.15) is 0 Å². The largest absolute Gasteiger partial charge is 0.496 e. The molecule has 4 nitrogen and oxygen atoms in total. The number of carboxylic acid groups (broad SMARTS) is 1. The summed E-state index contributed by atoms with van der Waals surface area (Å²) >= 11 is 4.55. The van der Waals surface area contributed by atoms with Gasteiger partial charge in [0.1, 0.15) is 15.6 Å². The summed E-state index contributed by atoms with van der Waals surface area (Å²) in [5, 5.41) is 9.46. The quantitative estimate of drug-likeness (QED) is 0.920. The second kappa shape index (κ2) is 5.99. The lowest BCUT2D eigenvalue weighted by Crippen LogP contribution is -1.89. The van der Waals surface area contributed by atoms with Crippen LogP contribution in [0.25, 0.3) is 12.2 Å². The predicted molar refractivity (Wildman–Crippen MR) is 78.7 cm³/mol. The molecule has 1 aromatic heterocycles. The van der Waals surface area contributed by atoms with E-state index in [4.69, 9.17) is 9.84 Å². The van der Waals surface area contributed by atoms with Crippen LogP contribution in [0.1, 0.15) is 20.2 Å². The van der Waals surface area contributed by atoms with Crippen molar-refractivity contribution in [3.8, 4) is 5.75 Å². The number of hydrogen-bond acceptors (Lipinski definition) is 4.